The van der Waals surface area contributed by atoms with Crippen molar-refractivity contribution in [3.63, 3.8) is 0 Å². The summed E-state index contributed by atoms with van der Waals surface area (Å²) in [4.78, 5) is 23.3. The number of aromatic nitrogens is 3. The number of nitrogens with zero attached hydrogens (tertiary/aromatic N) is 4. The third-order valence-corrected chi connectivity index (χ3v) is 4.95. The largest absolute Gasteiger partial charge is 0.481 e. The van der Waals surface area contributed by atoms with Crippen molar-refractivity contribution in [1.82, 2.24) is 15.0 Å². The van der Waals surface area contributed by atoms with Gasteiger partial charge in [-0.25, -0.2) is 19.6 Å². The van der Waals surface area contributed by atoms with Gasteiger partial charge in [-0.1, -0.05) is 0 Å². The number of nitrogens with one attached hydrogen (secondary N) is 2. The lowest BCUT2D eigenvalue weighted by Crippen LogP contribution is -2.29. The molecule has 11 heteroatoms. The molecule has 0 bridgehead atoms. The quantitative estimate of drug-likeness (QED) is 0.487. The van der Waals surface area contributed by atoms with Crippen molar-refractivity contribution < 1.29 is 19.3 Å². The molecule has 0 saturated heterocycles. The highest BCUT2D eigenvalue weighted by Gasteiger charge is 2.24. The van der Waals surface area contributed by atoms with Crippen LogP contribution in [0.2, 0.25) is 0 Å². The Morgan fingerprint density at radius 2 is 2.03 bits per heavy atom. The lowest BCUT2D eigenvalue weighted by molar-refractivity contribution is -0.729. The summed E-state index contributed by atoms with van der Waals surface area (Å²) in [6.07, 6.45) is 6.19. The fraction of sp³-hybridized carbons (Fsp3) is 0.500. The Labute approximate surface area is 167 Å². The number of anilines is 2. The molecule has 0 amide bonds. The van der Waals surface area contributed by atoms with Crippen LogP contribution in [0, 0.1) is 16.6 Å². The van der Waals surface area contributed by atoms with Crippen LogP contribution in [0.15, 0.2) is 18.5 Å². The lowest BCUT2D eigenvalue weighted by Gasteiger charge is -2.26. The van der Waals surface area contributed by atoms with Gasteiger partial charge in [0.05, 0.1) is 18.2 Å². The van der Waals surface area contributed by atoms with E-state index in [-0.39, 0.29) is 40.8 Å². The monoisotopic (exact) mass is 406 g/mol. The third kappa shape index (κ3) is 5.47. The maximum atomic E-state index is 13.5. The van der Waals surface area contributed by atoms with Gasteiger partial charge in [-0.2, -0.15) is 4.98 Å². The fourth-order valence-corrected chi connectivity index (χ4v) is 3.32. The molecule has 29 heavy (non-hydrogen) atoms. The van der Waals surface area contributed by atoms with Gasteiger partial charge < -0.3 is 21.1 Å². The lowest BCUT2D eigenvalue weighted by atomic mass is 9.86. The first-order valence-electron chi connectivity index (χ1n) is 9.41. The first-order chi connectivity index (χ1) is 14.0. The molecule has 156 valence electrons. The number of hydrogen-bond donors (Lipinski definition) is 4. The van der Waals surface area contributed by atoms with Crippen LogP contribution < -0.4 is 21.1 Å². The van der Waals surface area contributed by atoms with E-state index < -0.39 is 5.82 Å². The highest BCUT2D eigenvalue weighted by atomic mass is 19.1. The van der Waals surface area contributed by atoms with E-state index in [1.54, 1.807) is 0 Å². The topological polar surface area (TPSA) is 138 Å². The number of ether oxygens (including phenoxy) is 1. The van der Waals surface area contributed by atoms with Gasteiger partial charge in [-0.3, -0.25) is 0 Å². The van der Waals surface area contributed by atoms with Crippen LogP contribution >= 0.6 is 0 Å². The van der Waals surface area contributed by atoms with Crippen molar-refractivity contribution in [2.75, 3.05) is 24.3 Å². The first kappa shape index (κ1) is 20.6. The molecule has 2 heterocycles. The summed E-state index contributed by atoms with van der Waals surface area (Å²) in [6.45, 7) is 0.763. The van der Waals surface area contributed by atoms with Gasteiger partial charge in [0.15, 0.2) is 0 Å². The minimum atomic E-state index is -0.490. The predicted molar refractivity (Wildman–Crippen MR) is 104 cm³/mol. The second-order valence-corrected chi connectivity index (χ2v) is 7.04. The van der Waals surface area contributed by atoms with E-state index >= 15 is 0 Å². The van der Waals surface area contributed by atoms with E-state index in [0.717, 1.165) is 31.9 Å². The summed E-state index contributed by atoms with van der Waals surface area (Å²) in [5.41, 5.74) is 6.33. The van der Waals surface area contributed by atoms with Gasteiger partial charge in [0.2, 0.25) is 17.6 Å². The van der Waals surface area contributed by atoms with E-state index in [1.165, 1.54) is 19.4 Å². The molecule has 3 rings (SSSR count). The third-order valence-electron chi connectivity index (χ3n) is 4.95. The molecule has 2 aromatic heterocycles. The van der Waals surface area contributed by atoms with E-state index in [4.69, 9.17) is 10.5 Å². The molecule has 0 atom stereocenters. The van der Waals surface area contributed by atoms with Gasteiger partial charge in [0, 0.05) is 24.7 Å². The molecule has 10 nitrogen and oxygen atoms in total. The van der Waals surface area contributed by atoms with E-state index in [2.05, 4.69) is 25.6 Å². The SMILES string of the molecule is COc1ncc(F)cc1CNc1ncc([N+](=O)O)c(NC[C@H]2CC[C@H](N)CC2)n1. The van der Waals surface area contributed by atoms with Crippen molar-refractivity contribution in [3.8, 4) is 5.88 Å². The molecule has 0 spiro atoms. The summed E-state index contributed by atoms with van der Waals surface area (Å²) in [5, 5.41) is 15.4. The average molecular weight is 406 g/mol. The smallest absolute Gasteiger partial charge is 0.376 e. The Kier molecular flexibility index (Phi) is 6.70. The normalized spacial score (nSPS) is 18.9. The number of halogens is 1. The summed E-state index contributed by atoms with van der Waals surface area (Å²) in [5.74, 6) is 0.617. The minimum absolute atomic E-state index is 0.0898. The Morgan fingerprint density at radius 1 is 1.28 bits per heavy atom. The Morgan fingerprint density at radius 3 is 2.72 bits per heavy atom. The highest BCUT2D eigenvalue weighted by Crippen LogP contribution is 2.26. The molecule has 2 aromatic rings. The van der Waals surface area contributed by atoms with Crippen molar-refractivity contribution >= 4 is 17.5 Å². The molecular weight excluding hydrogens is 381 g/mol. The average Bonchev–Trinajstić information content (AvgIpc) is 2.72. The number of nitrogens with two attached hydrogens (primary N) is 1. The Balaban J connectivity index is 1.69. The van der Waals surface area contributed by atoms with Gasteiger partial charge in [0.1, 0.15) is 12.0 Å². The molecule has 0 unspecified atom stereocenters. The van der Waals surface area contributed by atoms with Gasteiger partial charge in [0.25, 0.3) is 4.92 Å². The number of pyridine rings is 1. The summed E-state index contributed by atoms with van der Waals surface area (Å²) < 4.78 is 18.6. The molecule has 1 aliphatic carbocycles. The molecular formula is C18H25FN7O3+. The maximum Gasteiger partial charge on any atom is 0.376 e. The zero-order chi connectivity index (χ0) is 20.8. The summed E-state index contributed by atoms with van der Waals surface area (Å²) in [7, 11) is 1.44. The van der Waals surface area contributed by atoms with Crippen molar-refractivity contribution in [3.05, 3.63) is 34.7 Å². The van der Waals surface area contributed by atoms with Gasteiger partial charge >= 0.3 is 5.69 Å². The molecule has 1 aliphatic rings. The minimum Gasteiger partial charge on any atom is -0.481 e. The highest BCUT2D eigenvalue weighted by molar-refractivity contribution is 5.56. The first-order valence-corrected chi connectivity index (χ1v) is 9.41. The number of rotatable bonds is 8. The van der Waals surface area contributed by atoms with Crippen LogP contribution in [0.5, 0.6) is 5.88 Å². The molecule has 1 fully saturated rings. The van der Waals surface area contributed by atoms with Crippen LogP contribution in [-0.4, -0.2) is 44.8 Å². The van der Waals surface area contributed by atoms with E-state index in [1.807, 2.05) is 0 Å². The zero-order valence-corrected chi connectivity index (χ0v) is 16.1. The van der Waals surface area contributed by atoms with Crippen LogP contribution in [0.3, 0.4) is 0 Å². The van der Waals surface area contributed by atoms with Crippen LogP contribution in [0.4, 0.5) is 21.8 Å². The Bertz CT molecular complexity index is 859. The van der Waals surface area contributed by atoms with Crippen molar-refractivity contribution in [1.29, 1.82) is 0 Å². The molecule has 0 radical (unpaired) electrons. The summed E-state index contributed by atoms with van der Waals surface area (Å²) in [6, 6.07) is 1.55. The Hall–Kier alpha value is -3.08. The van der Waals surface area contributed by atoms with Crippen molar-refractivity contribution in [2.24, 2.45) is 11.7 Å². The van der Waals surface area contributed by atoms with Crippen LogP contribution in [0.1, 0.15) is 31.2 Å². The van der Waals surface area contributed by atoms with Crippen LogP contribution in [-0.2, 0) is 6.54 Å². The van der Waals surface area contributed by atoms with E-state index in [0.29, 0.717) is 18.0 Å². The molecule has 1 saturated carbocycles. The fourth-order valence-electron chi connectivity index (χ4n) is 3.32. The zero-order valence-electron chi connectivity index (χ0n) is 16.1. The van der Waals surface area contributed by atoms with Gasteiger partial charge in [-0.05, 0) is 37.7 Å². The molecule has 5 N–H and O–H groups in total. The summed E-state index contributed by atoms with van der Waals surface area (Å²) >= 11 is 0. The second-order valence-electron chi connectivity index (χ2n) is 7.04. The van der Waals surface area contributed by atoms with E-state index in [9.17, 15) is 14.5 Å². The standard InChI is InChI=1S/C18H25FN7O3/c1-29-17-12(6-13(19)9-22-17)8-23-18-24-10-15(26(27)28)16(25-18)21-7-11-2-4-14(20)5-3-11/h6,9-11,14H,2-5,7-8,20H2,1H3,(H,27,28)(H2,21,23,24,25)/q+1/t11-,14-. The predicted octanol–water partition coefficient (Wildman–Crippen LogP) is 2.36. The number of methoxy groups -OCH3 is 1. The molecule has 0 aromatic carbocycles. The maximum absolute atomic E-state index is 13.5. The van der Waals surface area contributed by atoms with Crippen LogP contribution in [0.25, 0.3) is 0 Å². The second kappa shape index (κ2) is 9.41. The van der Waals surface area contributed by atoms with Gasteiger partial charge in [-0.15, -0.1) is 0 Å². The molecule has 0 aliphatic heterocycles. The van der Waals surface area contributed by atoms with Crippen molar-refractivity contribution in [2.45, 2.75) is 38.3 Å². The number of hydrogen-bond acceptors (Lipinski definition) is 8.